The van der Waals surface area contributed by atoms with Crippen molar-refractivity contribution >= 4 is 0 Å². The third kappa shape index (κ3) is 2.72. The third-order valence-corrected chi connectivity index (χ3v) is 2.16. The first-order valence-electron chi connectivity index (χ1n) is 4.59. The molecule has 1 rings (SSSR count). The summed E-state index contributed by atoms with van der Waals surface area (Å²) >= 11 is 0. The molecule has 0 heterocycles. The van der Waals surface area contributed by atoms with E-state index in [9.17, 15) is 0 Å². The van der Waals surface area contributed by atoms with Gasteiger partial charge in [0.1, 0.15) is 5.75 Å². The minimum atomic E-state index is -0.0362. The maximum absolute atomic E-state index is 8.83. The molecule has 1 N–H and O–H groups in total. The van der Waals surface area contributed by atoms with Gasteiger partial charge in [0, 0.05) is 20.1 Å². The number of hydrogen-bond donors (Lipinski definition) is 1. The van der Waals surface area contributed by atoms with Crippen LogP contribution in [0.15, 0.2) is 24.3 Å². The smallest absolute Gasteiger partial charge is 0.118 e. The molecule has 0 aliphatic heterocycles. The van der Waals surface area contributed by atoms with Crippen LogP contribution in [0.2, 0.25) is 0 Å². The minimum Gasteiger partial charge on any atom is -0.497 e. The lowest BCUT2D eigenvalue weighted by molar-refractivity contribution is 0.0775. The molecule has 0 fully saturated rings. The molecule has 0 saturated heterocycles. The van der Waals surface area contributed by atoms with Gasteiger partial charge in [-0.3, -0.25) is 0 Å². The highest BCUT2D eigenvalue weighted by molar-refractivity contribution is 5.28. The molecular formula is C11H16O3. The Morgan fingerprint density at radius 1 is 1.21 bits per heavy atom. The largest absolute Gasteiger partial charge is 0.497 e. The van der Waals surface area contributed by atoms with Gasteiger partial charge in [-0.2, -0.15) is 0 Å². The van der Waals surface area contributed by atoms with Crippen LogP contribution in [0.25, 0.3) is 0 Å². The van der Waals surface area contributed by atoms with E-state index in [-0.39, 0.29) is 12.7 Å². The average Bonchev–Trinajstić information content (AvgIpc) is 2.26. The molecule has 0 saturated carbocycles. The first kappa shape index (κ1) is 11.0. The molecule has 1 aromatic rings. The predicted octanol–water partition coefficient (Wildman–Crippen LogP) is 1.77. The van der Waals surface area contributed by atoms with Gasteiger partial charge >= 0.3 is 0 Å². The SMILES string of the molecule is COc1ccc(C(CCO)OC)cc1. The van der Waals surface area contributed by atoms with Crippen molar-refractivity contribution in [2.24, 2.45) is 0 Å². The van der Waals surface area contributed by atoms with Crippen LogP contribution in [0.3, 0.4) is 0 Å². The van der Waals surface area contributed by atoms with E-state index in [4.69, 9.17) is 14.6 Å². The van der Waals surface area contributed by atoms with Gasteiger partial charge in [-0.1, -0.05) is 12.1 Å². The monoisotopic (exact) mass is 196 g/mol. The number of hydrogen-bond acceptors (Lipinski definition) is 3. The Bertz CT molecular complexity index is 256. The lowest BCUT2D eigenvalue weighted by Gasteiger charge is -2.14. The van der Waals surface area contributed by atoms with E-state index < -0.39 is 0 Å². The molecule has 3 nitrogen and oxygen atoms in total. The molecule has 78 valence electrons. The maximum atomic E-state index is 8.83. The summed E-state index contributed by atoms with van der Waals surface area (Å²) in [6.45, 7) is 0.129. The van der Waals surface area contributed by atoms with Gasteiger partial charge in [-0.05, 0) is 17.7 Å². The molecule has 1 unspecified atom stereocenters. The highest BCUT2D eigenvalue weighted by atomic mass is 16.5. The lowest BCUT2D eigenvalue weighted by atomic mass is 10.1. The van der Waals surface area contributed by atoms with Crippen molar-refractivity contribution in [3.8, 4) is 5.75 Å². The molecule has 0 aromatic heterocycles. The van der Waals surface area contributed by atoms with E-state index in [1.807, 2.05) is 24.3 Å². The zero-order chi connectivity index (χ0) is 10.4. The molecule has 3 heteroatoms. The summed E-state index contributed by atoms with van der Waals surface area (Å²) in [5.41, 5.74) is 1.06. The fourth-order valence-electron chi connectivity index (χ4n) is 1.36. The second-order valence-electron chi connectivity index (χ2n) is 3.01. The van der Waals surface area contributed by atoms with E-state index in [0.717, 1.165) is 11.3 Å². The summed E-state index contributed by atoms with van der Waals surface area (Å²) in [6.07, 6.45) is 0.578. The van der Waals surface area contributed by atoms with Crippen molar-refractivity contribution in [3.63, 3.8) is 0 Å². The molecule has 14 heavy (non-hydrogen) atoms. The molecule has 0 amide bonds. The topological polar surface area (TPSA) is 38.7 Å². The van der Waals surface area contributed by atoms with Crippen LogP contribution in [0, 0.1) is 0 Å². The van der Waals surface area contributed by atoms with Crippen LogP contribution in [0.4, 0.5) is 0 Å². The second kappa shape index (κ2) is 5.62. The summed E-state index contributed by atoms with van der Waals surface area (Å²) in [5.74, 6) is 0.826. The van der Waals surface area contributed by atoms with Crippen molar-refractivity contribution in [1.29, 1.82) is 0 Å². The number of ether oxygens (including phenoxy) is 2. The molecule has 1 atom stereocenters. The Hall–Kier alpha value is -1.06. The van der Waals surface area contributed by atoms with E-state index in [1.165, 1.54) is 0 Å². The Morgan fingerprint density at radius 2 is 1.86 bits per heavy atom. The first-order valence-corrected chi connectivity index (χ1v) is 4.59. The van der Waals surface area contributed by atoms with Crippen molar-refractivity contribution in [2.75, 3.05) is 20.8 Å². The van der Waals surface area contributed by atoms with Crippen LogP contribution < -0.4 is 4.74 Å². The van der Waals surface area contributed by atoms with Crippen molar-refractivity contribution in [2.45, 2.75) is 12.5 Å². The van der Waals surface area contributed by atoms with Crippen LogP contribution in [-0.4, -0.2) is 25.9 Å². The second-order valence-corrected chi connectivity index (χ2v) is 3.01. The molecule has 0 aliphatic rings. The van der Waals surface area contributed by atoms with E-state index in [0.29, 0.717) is 6.42 Å². The van der Waals surface area contributed by atoms with Gasteiger partial charge in [-0.15, -0.1) is 0 Å². The average molecular weight is 196 g/mol. The molecular weight excluding hydrogens is 180 g/mol. The number of benzene rings is 1. The van der Waals surface area contributed by atoms with Crippen molar-refractivity contribution in [3.05, 3.63) is 29.8 Å². The van der Waals surface area contributed by atoms with Crippen LogP contribution in [0.1, 0.15) is 18.1 Å². The van der Waals surface area contributed by atoms with Gasteiger partial charge in [-0.25, -0.2) is 0 Å². The summed E-state index contributed by atoms with van der Waals surface area (Å²) in [4.78, 5) is 0. The van der Waals surface area contributed by atoms with Gasteiger partial charge in [0.05, 0.1) is 13.2 Å². The Balaban J connectivity index is 2.73. The third-order valence-electron chi connectivity index (χ3n) is 2.16. The number of methoxy groups -OCH3 is 2. The maximum Gasteiger partial charge on any atom is 0.118 e. The van der Waals surface area contributed by atoms with Gasteiger partial charge < -0.3 is 14.6 Å². The molecule has 1 aromatic carbocycles. The quantitative estimate of drug-likeness (QED) is 0.780. The highest BCUT2D eigenvalue weighted by Crippen LogP contribution is 2.22. The van der Waals surface area contributed by atoms with Crippen molar-refractivity contribution < 1.29 is 14.6 Å². The zero-order valence-corrected chi connectivity index (χ0v) is 8.56. The Labute approximate surface area is 84.3 Å². The number of aliphatic hydroxyl groups is 1. The standard InChI is InChI=1S/C11H16O3/c1-13-10-5-3-9(4-6-10)11(14-2)7-8-12/h3-6,11-12H,7-8H2,1-2H3. The van der Waals surface area contributed by atoms with E-state index in [2.05, 4.69) is 0 Å². The zero-order valence-electron chi connectivity index (χ0n) is 8.56. The first-order chi connectivity index (χ1) is 6.81. The van der Waals surface area contributed by atoms with Gasteiger partial charge in [0.15, 0.2) is 0 Å². The van der Waals surface area contributed by atoms with Crippen LogP contribution in [0.5, 0.6) is 5.75 Å². The minimum absolute atomic E-state index is 0.0362. The van der Waals surface area contributed by atoms with Gasteiger partial charge in [0.25, 0.3) is 0 Å². The van der Waals surface area contributed by atoms with Gasteiger partial charge in [0.2, 0.25) is 0 Å². The lowest BCUT2D eigenvalue weighted by Crippen LogP contribution is -2.03. The normalized spacial score (nSPS) is 12.5. The molecule has 0 spiro atoms. The fraction of sp³-hybridized carbons (Fsp3) is 0.455. The molecule has 0 radical (unpaired) electrons. The molecule has 0 bridgehead atoms. The van der Waals surface area contributed by atoms with E-state index >= 15 is 0 Å². The van der Waals surface area contributed by atoms with Crippen LogP contribution in [-0.2, 0) is 4.74 Å². The Morgan fingerprint density at radius 3 is 2.29 bits per heavy atom. The number of aliphatic hydroxyl groups excluding tert-OH is 1. The Kier molecular flexibility index (Phi) is 4.43. The highest BCUT2D eigenvalue weighted by Gasteiger charge is 2.08. The fourth-order valence-corrected chi connectivity index (χ4v) is 1.36. The number of rotatable bonds is 5. The van der Waals surface area contributed by atoms with Crippen LogP contribution >= 0.6 is 0 Å². The summed E-state index contributed by atoms with van der Waals surface area (Å²) < 4.78 is 10.3. The predicted molar refractivity (Wildman–Crippen MR) is 54.4 cm³/mol. The van der Waals surface area contributed by atoms with Crippen molar-refractivity contribution in [1.82, 2.24) is 0 Å². The molecule has 0 aliphatic carbocycles. The van der Waals surface area contributed by atoms with E-state index in [1.54, 1.807) is 14.2 Å². The summed E-state index contributed by atoms with van der Waals surface area (Å²) in [7, 11) is 3.28. The summed E-state index contributed by atoms with van der Waals surface area (Å²) in [5, 5.41) is 8.83. The summed E-state index contributed by atoms with van der Waals surface area (Å²) in [6, 6.07) is 7.67.